The van der Waals surface area contributed by atoms with E-state index in [-0.39, 0.29) is 16.1 Å². The average molecular weight is 400 g/mol. The first-order valence-electron chi connectivity index (χ1n) is 7.26. The third-order valence-corrected chi connectivity index (χ3v) is 4.40. The molecule has 128 valence electrons. The van der Waals surface area contributed by atoms with Crippen LogP contribution in [-0.2, 0) is 12.6 Å². The second-order valence-corrected chi connectivity index (χ2v) is 5.98. The molecule has 2 aromatic rings. The van der Waals surface area contributed by atoms with Crippen LogP contribution < -0.4 is 10.6 Å². The monoisotopic (exact) mass is 399 g/mol. The molecule has 0 radical (unpaired) electrons. The van der Waals surface area contributed by atoms with Gasteiger partial charge in [-0.3, -0.25) is 0 Å². The molecule has 0 amide bonds. The van der Waals surface area contributed by atoms with Crippen molar-refractivity contribution in [1.29, 1.82) is 0 Å². The number of nitrogens with two attached hydrogens (primary N) is 1. The number of nitrogens with zero attached hydrogens (tertiary/aromatic N) is 2. The maximum absolute atomic E-state index is 13.0. The number of hydrogen-bond donors (Lipinski definition) is 1. The molecule has 2 N–H and O–H groups in total. The van der Waals surface area contributed by atoms with Crippen LogP contribution in [0.5, 0.6) is 0 Å². The first kappa shape index (κ1) is 18.3. The van der Waals surface area contributed by atoms with E-state index in [0.29, 0.717) is 0 Å². The van der Waals surface area contributed by atoms with Crippen LogP contribution in [0.15, 0.2) is 51.9 Å². The van der Waals surface area contributed by atoms with Gasteiger partial charge in [-0.25, -0.2) is 4.99 Å². The van der Waals surface area contributed by atoms with Gasteiger partial charge in [-0.1, -0.05) is 25.1 Å². The minimum absolute atomic E-state index is 0.100. The Hall–Kier alpha value is -2.02. The summed E-state index contributed by atoms with van der Waals surface area (Å²) in [5.74, 6) is 0.100. The molecule has 0 bridgehead atoms. The molecule has 7 heteroatoms. The third kappa shape index (κ3) is 4.08. The summed E-state index contributed by atoms with van der Waals surface area (Å²) in [4.78, 5) is 5.77. The van der Waals surface area contributed by atoms with Crippen molar-refractivity contribution in [2.75, 3.05) is 11.9 Å². The van der Waals surface area contributed by atoms with Crippen LogP contribution in [-0.4, -0.2) is 13.0 Å². The van der Waals surface area contributed by atoms with Gasteiger partial charge in [0.1, 0.15) is 0 Å². The van der Waals surface area contributed by atoms with Crippen LogP contribution in [0.4, 0.5) is 24.5 Å². The lowest BCUT2D eigenvalue weighted by Crippen LogP contribution is -2.33. The van der Waals surface area contributed by atoms with Crippen molar-refractivity contribution >= 4 is 33.3 Å². The first-order valence-corrected chi connectivity index (χ1v) is 8.06. The van der Waals surface area contributed by atoms with Crippen LogP contribution in [0.3, 0.4) is 0 Å². The summed E-state index contributed by atoms with van der Waals surface area (Å²) in [6, 6.07) is 11.5. The van der Waals surface area contributed by atoms with E-state index in [2.05, 4.69) is 20.9 Å². The molecule has 3 nitrogen and oxygen atoms in total. The van der Waals surface area contributed by atoms with E-state index in [9.17, 15) is 13.2 Å². The molecular weight excluding hydrogens is 383 g/mol. The van der Waals surface area contributed by atoms with Gasteiger partial charge >= 0.3 is 6.18 Å². The molecule has 0 aromatic heterocycles. The van der Waals surface area contributed by atoms with E-state index < -0.39 is 11.7 Å². The standard InChI is InChI=1S/C17H17BrF3N3/c1-3-11-6-4-7-12(10-11)24(2)16(22)23-14-9-5-8-13(15(14)18)17(19,20)21/h4-10H,3H2,1-2H3,(H2,22,23). The number of anilines is 1. The molecule has 0 saturated heterocycles. The number of rotatable bonds is 3. The molecule has 2 aromatic carbocycles. The van der Waals surface area contributed by atoms with Crippen LogP contribution >= 0.6 is 15.9 Å². The van der Waals surface area contributed by atoms with E-state index in [0.717, 1.165) is 23.7 Å². The molecule has 0 aliphatic carbocycles. The first-order chi connectivity index (χ1) is 11.2. The van der Waals surface area contributed by atoms with Gasteiger partial charge in [-0.15, -0.1) is 0 Å². The van der Waals surface area contributed by atoms with Gasteiger partial charge < -0.3 is 10.6 Å². The quantitative estimate of drug-likeness (QED) is 0.575. The minimum Gasteiger partial charge on any atom is -0.369 e. The smallest absolute Gasteiger partial charge is 0.369 e. The minimum atomic E-state index is -4.46. The number of hydrogen-bond acceptors (Lipinski definition) is 1. The van der Waals surface area contributed by atoms with Gasteiger partial charge in [-0.2, -0.15) is 13.2 Å². The van der Waals surface area contributed by atoms with Crippen LogP contribution in [0, 0.1) is 0 Å². The fourth-order valence-corrected chi connectivity index (χ4v) is 2.72. The number of aliphatic imine (C=N–C) groups is 1. The van der Waals surface area contributed by atoms with Gasteiger partial charge in [0.25, 0.3) is 0 Å². The topological polar surface area (TPSA) is 41.6 Å². The lowest BCUT2D eigenvalue weighted by molar-refractivity contribution is -0.138. The number of benzene rings is 2. The molecule has 24 heavy (non-hydrogen) atoms. The highest BCUT2D eigenvalue weighted by Gasteiger charge is 2.33. The van der Waals surface area contributed by atoms with E-state index in [4.69, 9.17) is 5.73 Å². The van der Waals surface area contributed by atoms with Gasteiger partial charge in [0, 0.05) is 12.7 Å². The van der Waals surface area contributed by atoms with Crippen molar-refractivity contribution < 1.29 is 13.2 Å². The van der Waals surface area contributed by atoms with Gasteiger partial charge in [-0.05, 0) is 52.2 Å². The van der Waals surface area contributed by atoms with E-state index in [1.54, 1.807) is 11.9 Å². The van der Waals surface area contributed by atoms with Gasteiger partial charge in [0.15, 0.2) is 0 Å². The normalized spacial score (nSPS) is 12.3. The molecule has 0 aliphatic rings. The van der Waals surface area contributed by atoms with Crippen molar-refractivity contribution in [3.05, 3.63) is 58.1 Å². The van der Waals surface area contributed by atoms with E-state index >= 15 is 0 Å². The Balaban J connectivity index is 2.37. The Morgan fingerprint density at radius 2 is 1.88 bits per heavy atom. The Bertz CT molecular complexity index is 757. The maximum atomic E-state index is 13.0. The van der Waals surface area contributed by atoms with Crippen molar-refractivity contribution in [1.82, 2.24) is 0 Å². The molecule has 0 heterocycles. The lowest BCUT2D eigenvalue weighted by atomic mass is 10.1. The molecule has 2 rings (SSSR count). The average Bonchev–Trinajstić information content (AvgIpc) is 2.55. The third-order valence-electron chi connectivity index (χ3n) is 3.57. The van der Waals surface area contributed by atoms with Crippen molar-refractivity contribution in [2.45, 2.75) is 19.5 Å². The molecule has 0 atom stereocenters. The Morgan fingerprint density at radius 1 is 1.21 bits per heavy atom. The number of halogens is 4. The molecule has 0 fully saturated rings. The Labute approximate surface area is 147 Å². The summed E-state index contributed by atoms with van der Waals surface area (Å²) < 4.78 is 38.7. The zero-order valence-electron chi connectivity index (χ0n) is 13.2. The second kappa shape index (κ2) is 7.25. The lowest BCUT2D eigenvalue weighted by Gasteiger charge is -2.19. The fraction of sp³-hybridized carbons (Fsp3) is 0.235. The second-order valence-electron chi connectivity index (χ2n) is 5.19. The van der Waals surface area contributed by atoms with E-state index in [1.165, 1.54) is 12.1 Å². The number of alkyl halides is 3. The van der Waals surface area contributed by atoms with Crippen LogP contribution in [0.2, 0.25) is 0 Å². The molecular formula is C17H17BrF3N3. The molecule has 0 spiro atoms. The van der Waals surface area contributed by atoms with Crippen molar-refractivity contribution in [2.24, 2.45) is 10.7 Å². The SMILES string of the molecule is CCc1cccc(N(C)C(N)=Nc2cccc(C(F)(F)F)c2Br)c1. The fourth-order valence-electron chi connectivity index (χ4n) is 2.14. The summed E-state index contributed by atoms with van der Waals surface area (Å²) in [5, 5.41) is 0. The molecule has 0 aliphatic heterocycles. The highest BCUT2D eigenvalue weighted by atomic mass is 79.9. The summed E-state index contributed by atoms with van der Waals surface area (Å²) in [6.45, 7) is 2.04. The highest BCUT2D eigenvalue weighted by molar-refractivity contribution is 9.10. The predicted octanol–water partition coefficient (Wildman–Crippen LogP) is 5.11. The van der Waals surface area contributed by atoms with Gasteiger partial charge in [0.05, 0.1) is 15.7 Å². The Kier molecular flexibility index (Phi) is 5.54. The summed E-state index contributed by atoms with van der Waals surface area (Å²) in [5.41, 5.74) is 7.27. The summed E-state index contributed by atoms with van der Waals surface area (Å²) >= 11 is 2.97. The maximum Gasteiger partial charge on any atom is 0.417 e. The van der Waals surface area contributed by atoms with E-state index in [1.807, 2.05) is 31.2 Å². The largest absolute Gasteiger partial charge is 0.417 e. The Morgan fingerprint density at radius 3 is 2.50 bits per heavy atom. The zero-order chi connectivity index (χ0) is 17.9. The van der Waals surface area contributed by atoms with Crippen molar-refractivity contribution in [3.8, 4) is 0 Å². The number of aryl methyl sites for hydroxylation is 1. The van der Waals surface area contributed by atoms with Gasteiger partial charge in [0.2, 0.25) is 5.96 Å². The summed E-state index contributed by atoms with van der Waals surface area (Å²) in [6.07, 6.45) is -3.58. The van der Waals surface area contributed by atoms with Crippen LogP contribution in [0.25, 0.3) is 0 Å². The van der Waals surface area contributed by atoms with Crippen LogP contribution in [0.1, 0.15) is 18.1 Å². The zero-order valence-corrected chi connectivity index (χ0v) is 14.8. The molecule has 0 unspecified atom stereocenters. The molecule has 0 saturated carbocycles. The highest BCUT2D eigenvalue weighted by Crippen LogP contribution is 2.39. The predicted molar refractivity (Wildman–Crippen MR) is 94.6 cm³/mol. The summed E-state index contributed by atoms with van der Waals surface area (Å²) in [7, 11) is 1.72. The van der Waals surface area contributed by atoms with Crippen molar-refractivity contribution in [3.63, 3.8) is 0 Å². The number of guanidine groups is 1.